The average Bonchev–Trinajstić information content (AvgIpc) is 3.24. The van der Waals surface area contributed by atoms with Gasteiger partial charge in [-0.2, -0.15) is 10.2 Å². The van der Waals surface area contributed by atoms with E-state index in [1.54, 1.807) is 33.5 Å². The van der Waals surface area contributed by atoms with Crippen LogP contribution in [0.2, 0.25) is 0 Å². The van der Waals surface area contributed by atoms with Crippen molar-refractivity contribution in [3.63, 3.8) is 0 Å². The van der Waals surface area contributed by atoms with Crippen molar-refractivity contribution >= 4 is 41.1 Å². The van der Waals surface area contributed by atoms with Gasteiger partial charge < -0.3 is 48.6 Å². The first kappa shape index (κ1) is 40.9. The van der Waals surface area contributed by atoms with Crippen molar-refractivity contribution in [1.29, 1.82) is 0 Å². The average molecular weight is 770 g/mol. The molecule has 0 radical (unpaired) electrons. The topological polar surface area (TPSA) is 164 Å². The summed E-state index contributed by atoms with van der Waals surface area (Å²) in [4.78, 5) is 17.8. The number of fused-ring (bicyclic) bond motifs is 1. The first-order valence-electron chi connectivity index (χ1n) is 14.8. The third kappa shape index (κ3) is 10.4. The zero-order valence-corrected chi connectivity index (χ0v) is 30.3. The number of halogens is 1. The molecular weight excluding hydrogens is 731 g/mol. The van der Waals surface area contributed by atoms with Crippen molar-refractivity contribution in [3.05, 3.63) is 66.1 Å². The summed E-state index contributed by atoms with van der Waals surface area (Å²) in [6.07, 6.45) is 1.51. The van der Waals surface area contributed by atoms with Crippen LogP contribution in [-0.4, -0.2) is 61.8 Å². The van der Waals surface area contributed by atoms with Crippen LogP contribution in [0.1, 0.15) is 47.1 Å². The number of methoxy groups -OCH3 is 3. The molecule has 4 aromatic rings. The molecule has 1 saturated heterocycles. The van der Waals surface area contributed by atoms with Crippen molar-refractivity contribution in [2.45, 2.75) is 59.3 Å². The van der Waals surface area contributed by atoms with Gasteiger partial charge in [0.15, 0.2) is 0 Å². The van der Waals surface area contributed by atoms with Gasteiger partial charge in [-0.3, -0.25) is 0 Å². The van der Waals surface area contributed by atoms with E-state index < -0.39 is 36.1 Å². The quantitative estimate of drug-likeness (QED) is 0.261. The summed E-state index contributed by atoms with van der Waals surface area (Å²) in [5.41, 5.74) is 2.94. The van der Waals surface area contributed by atoms with Crippen molar-refractivity contribution in [3.8, 4) is 28.4 Å². The van der Waals surface area contributed by atoms with Gasteiger partial charge >= 0.3 is 27.5 Å². The Kier molecular flexibility index (Phi) is 14.5. The maximum atomic E-state index is 15.8. The zero-order chi connectivity index (χ0) is 35.8. The molecule has 0 bridgehead atoms. The van der Waals surface area contributed by atoms with E-state index in [-0.39, 0.29) is 20.4 Å². The molecule has 3 aromatic carbocycles. The van der Waals surface area contributed by atoms with Crippen LogP contribution >= 0.6 is 0 Å². The van der Waals surface area contributed by atoms with Crippen LogP contribution in [0.25, 0.3) is 22.0 Å². The Hall–Kier alpha value is -4.28. The number of carboxylic acids is 2. The molecule has 5 rings (SSSR count). The van der Waals surface area contributed by atoms with E-state index in [0.29, 0.717) is 51.5 Å². The molecule has 0 aliphatic carbocycles. The van der Waals surface area contributed by atoms with Crippen molar-refractivity contribution in [2.75, 3.05) is 26.6 Å². The van der Waals surface area contributed by atoms with E-state index in [4.69, 9.17) is 43.3 Å². The second kappa shape index (κ2) is 17.4. The van der Waals surface area contributed by atoms with Crippen LogP contribution in [0.3, 0.4) is 0 Å². The van der Waals surface area contributed by atoms with Crippen LogP contribution in [0.5, 0.6) is 17.2 Å². The number of hydrogen-bond donors (Lipinski definition) is 1. The molecule has 15 heteroatoms. The van der Waals surface area contributed by atoms with E-state index in [2.05, 4.69) is 15.5 Å². The van der Waals surface area contributed by atoms with Crippen LogP contribution in [0, 0.1) is 5.82 Å². The molecule has 1 aromatic heterocycles. The number of nitrogens with zero attached hydrogens (tertiary/aromatic N) is 2. The predicted molar refractivity (Wildman–Crippen MR) is 175 cm³/mol. The van der Waals surface area contributed by atoms with Gasteiger partial charge in [0.25, 0.3) is 0 Å². The predicted octanol–water partition coefficient (Wildman–Crippen LogP) is 2.88. The van der Waals surface area contributed by atoms with Crippen molar-refractivity contribution < 1.29 is 68.1 Å². The number of benzene rings is 3. The number of carbonyl (C=O) groups is 2. The van der Waals surface area contributed by atoms with Crippen LogP contribution in [-0.2, 0) is 45.9 Å². The van der Waals surface area contributed by atoms with Gasteiger partial charge in [0.2, 0.25) is 0 Å². The van der Waals surface area contributed by atoms with Gasteiger partial charge in [-0.05, 0) is 82.9 Å². The summed E-state index contributed by atoms with van der Waals surface area (Å²) in [6, 6.07) is 14.5. The molecule has 0 atom stereocenters. The molecular formula is C34H39BFN3O9Pd. The fraction of sp³-hybridized carbons (Fsp3) is 0.353. The standard InChI is InChI=1S/C30H33BFN3O5.2C2H4O2.Pd/c1-29(2)30(3,4)40-31(39-29)20-9-11-26(37-6)22(14-20)19-12-23(32)28-24(13-19)35-34-17-25(28)33-16-18-8-10-21(36-5)15-27(18)38-7;2*1-2(3)4;/h8-15,17H,16H2,1-7H3,(H,33,35);2*1H3,(H,3,4);/q;;;+2/p-2. The Morgan fingerprint density at radius 3 is 2.02 bits per heavy atom. The first-order chi connectivity index (χ1) is 22.5. The fourth-order valence-electron chi connectivity index (χ4n) is 4.71. The summed E-state index contributed by atoms with van der Waals surface area (Å²) in [6.45, 7) is 10.4. The summed E-state index contributed by atoms with van der Waals surface area (Å²) >= 11 is 0. The van der Waals surface area contributed by atoms with Gasteiger partial charge in [-0.1, -0.05) is 12.1 Å². The number of anilines is 1. The molecule has 12 nitrogen and oxygen atoms in total. The Balaban J connectivity index is 0.000000837. The van der Waals surface area contributed by atoms with Gasteiger partial charge in [0.1, 0.15) is 23.1 Å². The summed E-state index contributed by atoms with van der Waals surface area (Å²) in [5, 5.41) is 29.8. The van der Waals surface area contributed by atoms with Gasteiger partial charge in [0.05, 0.1) is 55.3 Å². The number of ether oxygens (including phenoxy) is 3. The van der Waals surface area contributed by atoms with Crippen molar-refractivity contribution in [1.82, 2.24) is 10.2 Å². The minimum absolute atomic E-state index is 0. The second-order valence-corrected chi connectivity index (χ2v) is 11.7. The maximum Gasteiger partial charge on any atom is 2.00 e. The van der Waals surface area contributed by atoms with Gasteiger partial charge in [-0.15, -0.1) is 0 Å². The van der Waals surface area contributed by atoms with Gasteiger partial charge in [-0.25, -0.2) is 4.39 Å². The Labute approximate surface area is 299 Å². The molecule has 0 saturated carbocycles. The zero-order valence-electron chi connectivity index (χ0n) is 28.7. The van der Waals surface area contributed by atoms with Crippen LogP contribution in [0.4, 0.5) is 10.1 Å². The molecule has 0 spiro atoms. The molecule has 1 N–H and O–H groups in total. The van der Waals surface area contributed by atoms with E-state index in [1.807, 2.05) is 58.0 Å². The number of nitrogens with one attached hydrogen (secondary N) is 1. The minimum Gasteiger partial charge on any atom is -0.550 e. The van der Waals surface area contributed by atoms with E-state index in [9.17, 15) is 0 Å². The third-order valence-corrected chi connectivity index (χ3v) is 7.71. The molecule has 49 heavy (non-hydrogen) atoms. The second-order valence-electron chi connectivity index (χ2n) is 11.7. The third-order valence-electron chi connectivity index (χ3n) is 7.71. The first-order valence-corrected chi connectivity index (χ1v) is 14.8. The molecule has 264 valence electrons. The van der Waals surface area contributed by atoms with Crippen LogP contribution in [0.15, 0.2) is 54.7 Å². The summed E-state index contributed by atoms with van der Waals surface area (Å²) in [5.74, 6) is -0.661. The van der Waals surface area contributed by atoms with E-state index >= 15 is 4.39 Å². The van der Waals surface area contributed by atoms with Crippen LogP contribution < -0.4 is 35.2 Å². The largest absolute Gasteiger partial charge is 2.00 e. The Bertz CT molecular complexity index is 1740. The SMILES string of the molecule is CC(=O)[O-].CC(=O)[O-].COc1ccc(CNc2cnnc3cc(-c4cc(B5OC(C)(C)C(C)(C)O5)ccc4OC)cc(F)c23)c(OC)c1.[Pd+2]. The minimum atomic E-state index is -1.08. The monoisotopic (exact) mass is 769 g/mol. The normalized spacial score (nSPS) is 13.9. The molecule has 0 amide bonds. The number of carbonyl (C=O) groups excluding carboxylic acids is 2. The summed E-state index contributed by atoms with van der Waals surface area (Å²) < 4.78 is 44.6. The number of aliphatic carboxylic acids is 2. The molecule has 1 fully saturated rings. The fourth-order valence-corrected chi connectivity index (χ4v) is 4.71. The number of carboxylic acid groups (broad SMARTS) is 2. The summed E-state index contributed by atoms with van der Waals surface area (Å²) in [7, 11) is 4.21. The Morgan fingerprint density at radius 2 is 1.47 bits per heavy atom. The number of aromatic nitrogens is 2. The maximum absolute atomic E-state index is 15.8. The molecule has 2 heterocycles. The number of rotatable bonds is 8. The van der Waals surface area contributed by atoms with E-state index in [1.165, 1.54) is 12.3 Å². The van der Waals surface area contributed by atoms with Crippen molar-refractivity contribution in [2.24, 2.45) is 0 Å². The molecule has 1 aliphatic heterocycles. The van der Waals surface area contributed by atoms with E-state index in [0.717, 1.165) is 24.9 Å². The van der Waals surface area contributed by atoms with Gasteiger partial charge in [0, 0.05) is 35.7 Å². The smallest absolute Gasteiger partial charge is 0.550 e. The molecule has 1 aliphatic rings. The molecule has 0 unspecified atom stereocenters. The number of hydrogen-bond acceptors (Lipinski definition) is 12. The Morgan fingerprint density at radius 1 is 0.878 bits per heavy atom.